The Labute approximate surface area is 121 Å². The minimum absolute atomic E-state index is 0.813. The molecule has 0 atom stereocenters. The van der Waals surface area contributed by atoms with Crippen molar-refractivity contribution in [3.05, 3.63) is 42.1 Å². The summed E-state index contributed by atoms with van der Waals surface area (Å²) in [5.41, 5.74) is 2.35. The van der Waals surface area contributed by atoms with Gasteiger partial charge in [0, 0.05) is 39.0 Å². The highest BCUT2D eigenvalue weighted by atomic mass is 28.4. The highest BCUT2D eigenvalue weighted by Crippen LogP contribution is 2.21. The van der Waals surface area contributed by atoms with Gasteiger partial charge >= 0.3 is 8.80 Å². The van der Waals surface area contributed by atoms with E-state index >= 15 is 0 Å². The monoisotopic (exact) mass is 291 g/mol. The molecule has 0 aliphatic heterocycles. The first-order chi connectivity index (χ1) is 9.74. The third-order valence-electron chi connectivity index (χ3n) is 3.60. The van der Waals surface area contributed by atoms with E-state index in [0.717, 1.165) is 24.4 Å². The second-order valence-electron chi connectivity index (χ2n) is 4.64. The third kappa shape index (κ3) is 3.24. The molecule has 0 spiro atoms. The SMILES string of the molecule is CO[Si](CCCc1ccnc2ccccc12)(OC)OC. The zero-order valence-corrected chi connectivity index (χ0v) is 13.3. The Bertz CT molecular complexity index is 544. The van der Waals surface area contributed by atoms with Crippen LogP contribution in [0.3, 0.4) is 0 Å². The number of aryl methyl sites for hydroxylation is 1. The van der Waals surface area contributed by atoms with E-state index in [0.29, 0.717) is 0 Å². The van der Waals surface area contributed by atoms with E-state index in [2.05, 4.69) is 17.1 Å². The van der Waals surface area contributed by atoms with Gasteiger partial charge in [-0.25, -0.2) is 0 Å². The van der Waals surface area contributed by atoms with Gasteiger partial charge in [0.2, 0.25) is 0 Å². The lowest BCUT2D eigenvalue weighted by molar-refractivity contribution is 0.123. The van der Waals surface area contributed by atoms with Crippen molar-refractivity contribution in [1.29, 1.82) is 0 Å². The number of aromatic nitrogens is 1. The number of fused-ring (bicyclic) bond motifs is 1. The van der Waals surface area contributed by atoms with Crippen molar-refractivity contribution in [2.45, 2.75) is 18.9 Å². The molecule has 0 saturated heterocycles. The summed E-state index contributed by atoms with van der Waals surface area (Å²) in [5.74, 6) is 0. The molecule has 108 valence electrons. The van der Waals surface area contributed by atoms with Crippen molar-refractivity contribution in [3.8, 4) is 0 Å². The van der Waals surface area contributed by atoms with E-state index in [9.17, 15) is 0 Å². The van der Waals surface area contributed by atoms with Crippen molar-refractivity contribution in [1.82, 2.24) is 4.98 Å². The molecule has 2 rings (SSSR count). The first-order valence-electron chi connectivity index (χ1n) is 6.73. The first kappa shape index (κ1) is 15.1. The maximum atomic E-state index is 5.44. The van der Waals surface area contributed by atoms with E-state index in [1.54, 1.807) is 21.3 Å². The molecule has 20 heavy (non-hydrogen) atoms. The molecule has 0 unspecified atom stereocenters. The third-order valence-corrected chi connectivity index (χ3v) is 6.43. The zero-order valence-electron chi connectivity index (χ0n) is 12.3. The van der Waals surface area contributed by atoms with Crippen LogP contribution in [0.4, 0.5) is 0 Å². The maximum Gasteiger partial charge on any atom is 0.500 e. The van der Waals surface area contributed by atoms with Crippen LogP contribution in [0.5, 0.6) is 0 Å². The Morgan fingerprint density at radius 1 is 1.00 bits per heavy atom. The smallest absolute Gasteiger partial charge is 0.377 e. The van der Waals surface area contributed by atoms with Crippen LogP contribution in [0.2, 0.25) is 6.04 Å². The molecule has 0 aliphatic rings. The number of para-hydroxylation sites is 1. The quantitative estimate of drug-likeness (QED) is 0.735. The van der Waals surface area contributed by atoms with Crippen LogP contribution in [0.15, 0.2) is 36.5 Å². The van der Waals surface area contributed by atoms with Crippen LogP contribution in [-0.2, 0) is 19.7 Å². The predicted octanol–water partition coefficient (Wildman–Crippen LogP) is 3.05. The van der Waals surface area contributed by atoms with Crippen molar-refractivity contribution in [3.63, 3.8) is 0 Å². The zero-order chi connectivity index (χ0) is 14.4. The van der Waals surface area contributed by atoms with Crippen LogP contribution < -0.4 is 0 Å². The predicted molar refractivity (Wildman–Crippen MR) is 81.7 cm³/mol. The van der Waals surface area contributed by atoms with Crippen LogP contribution in [-0.4, -0.2) is 35.1 Å². The molecule has 0 bridgehead atoms. The van der Waals surface area contributed by atoms with Crippen molar-refractivity contribution >= 4 is 19.7 Å². The van der Waals surface area contributed by atoms with Crippen LogP contribution in [0, 0.1) is 0 Å². The summed E-state index contributed by atoms with van der Waals surface area (Å²) < 4.78 is 16.3. The summed E-state index contributed by atoms with van der Waals surface area (Å²) in [6, 6.07) is 11.1. The lowest BCUT2D eigenvalue weighted by atomic mass is 10.1. The summed E-state index contributed by atoms with van der Waals surface area (Å²) in [6.45, 7) is 0. The number of nitrogens with zero attached hydrogens (tertiary/aromatic N) is 1. The van der Waals surface area contributed by atoms with Gasteiger partial charge in [0.15, 0.2) is 0 Å². The molecule has 0 N–H and O–H groups in total. The Balaban J connectivity index is 2.06. The average molecular weight is 291 g/mol. The molecule has 0 aliphatic carbocycles. The molecule has 0 radical (unpaired) electrons. The van der Waals surface area contributed by atoms with E-state index in [4.69, 9.17) is 13.3 Å². The summed E-state index contributed by atoms with van der Waals surface area (Å²) in [6.07, 6.45) is 3.80. The Hall–Kier alpha value is -1.27. The van der Waals surface area contributed by atoms with E-state index in [1.807, 2.05) is 24.4 Å². The molecular formula is C15H21NO3Si. The van der Waals surface area contributed by atoms with Gasteiger partial charge < -0.3 is 13.3 Å². The fourth-order valence-corrected chi connectivity index (χ4v) is 4.15. The maximum absolute atomic E-state index is 5.44. The fourth-order valence-electron chi connectivity index (χ4n) is 2.42. The van der Waals surface area contributed by atoms with Gasteiger partial charge in [-0.15, -0.1) is 0 Å². The van der Waals surface area contributed by atoms with Crippen molar-refractivity contribution < 1.29 is 13.3 Å². The highest BCUT2D eigenvalue weighted by molar-refractivity contribution is 6.60. The lowest BCUT2D eigenvalue weighted by Gasteiger charge is -2.24. The Morgan fingerprint density at radius 3 is 2.40 bits per heavy atom. The summed E-state index contributed by atoms with van der Waals surface area (Å²) in [7, 11) is 2.51. The number of benzene rings is 1. The number of hydrogen-bond acceptors (Lipinski definition) is 4. The number of hydrogen-bond donors (Lipinski definition) is 0. The molecular weight excluding hydrogens is 270 g/mol. The largest absolute Gasteiger partial charge is 0.500 e. The van der Waals surface area contributed by atoms with Crippen LogP contribution >= 0.6 is 0 Å². The average Bonchev–Trinajstić information content (AvgIpc) is 2.52. The highest BCUT2D eigenvalue weighted by Gasteiger charge is 2.36. The topological polar surface area (TPSA) is 40.6 Å². The summed E-state index contributed by atoms with van der Waals surface area (Å²) in [5, 5.41) is 1.22. The van der Waals surface area contributed by atoms with Crippen LogP contribution in [0.25, 0.3) is 10.9 Å². The normalized spacial score (nSPS) is 11.9. The molecule has 0 amide bonds. The molecule has 0 saturated carbocycles. The molecule has 2 aromatic rings. The van der Waals surface area contributed by atoms with Gasteiger partial charge in [-0.1, -0.05) is 18.2 Å². The summed E-state index contributed by atoms with van der Waals surface area (Å²) in [4.78, 5) is 4.38. The standard InChI is InChI=1S/C15H21NO3Si/c1-17-20(18-2,19-3)12-6-7-13-10-11-16-15-9-5-4-8-14(13)15/h4-5,8-11H,6-7,12H2,1-3H3. The lowest BCUT2D eigenvalue weighted by Crippen LogP contribution is -2.42. The van der Waals surface area contributed by atoms with E-state index in [1.165, 1.54) is 10.9 Å². The van der Waals surface area contributed by atoms with E-state index in [-0.39, 0.29) is 0 Å². The number of rotatable bonds is 7. The van der Waals surface area contributed by atoms with Gasteiger partial charge in [-0.05, 0) is 30.5 Å². The van der Waals surface area contributed by atoms with E-state index < -0.39 is 8.80 Å². The molecule has 1 heterocycles. The Morgan fingerprint density at radius 2 is 1.70 bits per heavy atom. The minimum atomic E-state index is -2.45. The summed E-state index contributed by atoms with van der Waals surface area (Å²) >= 11 is 0. The van der Waals surface area contributed by atoms with Gasteiger partial charge in [-0.2, -0.15) is 0 Å². The van der Waals surface area contributed by atoms with Gasteiger partial charge in [-0.3, -0.25) is 4.98 Å². The first-order valence-corrected chi connectivity index (χ1v) is 8.66. The fraction of sp³-hybridized carbons (Fsp3) is 0.400. The molecule has 0 fully saturated rings. The van der Waals surface area contributed by atoms with Crippen LogP contribution in [0.1, 0.15) is 12.0 Å². The molecule has 1 aromatic carbocycles. The second kappa shape index (κ2) is 6.94. The Kier molecular flexibility index (Phi) is 5.25. The second-order valence-corrected chi connectivity index (χ2v) is 7.73. The minimum Gasteiger partial charge on any atom is -0.377 e. The van der Waals surface area contributed by atoms with Crippen molar-refractivity contribution in [2.24, 2.45) is 0 Å². The van der Waals surface area contributed by atoms with Gasteiger partial charge in [0.25, 0.3) is 0 Å². The number of pyridine rings is 1. The molecule has 1 aromatic heterocycles. The van der Waals surface area contributed by atoms with Gasteiger partial charge in [0.1, 0.15) is 0 Å². The molecule has 5 heteroatoms. The molecule has 4 nitrogen and oxygen atoms in total. The van der Waals surface area contributed by atoms with Crippen molar-refractivity contribution in [2.75, 3.05) is 21.3 Å². The van der Waals surface area contributed by atoms with Gasteiger partial charge in [0.05, 0.1) is 5.52 Å².